The van der Waals surface area contributed by atoms with Gasteiger partial charge in [0.05, 0.1) is 0 Å². The third-order valence-corrected chi connectivity index (χ3v) is 4.58. The smallest absolute Gasteiger partial charge is 0.313 e. The minimum absolute atomic E-state index is 0.110. The number of carbonyl (C=O) groups excluding carboxylic acids is 1. The van der Waals surface area contributed by atoms with Crippen LogP contribution in [0, 0.1) is 0 Å². The van der Waals surface area contributed by atoms with E-state index in [1.54, 1.807) is 35.6 Å². The topological polar surface area (TPSA) is 68.0 Å². The first-order chi connectivity index (χ1) is 12.7. The van der Waals surface area contributed by atoms with Gasteiger partial charge in [-0.3, -0.25) is 4.79 Å². The van der Waals surface area contributed by atoms with E-state index in [1.807, 2.05) is 35.7 Å². The van der Waals surface area contributed by atoms with E-state index in [2.05, 4.69) is 20.9 Å². The number of carbonyl (C=O) groups is 1. The summed E-state index contributed by atoms with van der Waals surface area (Å²) in [6, 6.07) is 16.6. The summed E-state index contributed by atoms with van der Waals surface area (Å²) in [5, 5.41) is 15.1. The Morgan fingerprint density at radius 3 is 2.65 bits per heavy atom. The van der Waals surface area contributed by atoms with Gasteiger partial charge in [0, 0.05) is 16.3 Å². The third-order valence-electron chi connectivity index (χ3n) is 3.67. The predicted molar refractivity (Wildman–Crippen MR) is 102 cm³/mol. The lowest BCUT2D eigenvalue weighted by Gasteiger charge is -2.02. The quantitative estimate of drug-likeness (QED) is 0.516. The molecule has 0 fully saturated rings. The summed E-state index contributed by atoms with van der Waals surface area (Å²) >= 11 is 7.55. The minimum Gasteiger partial charge on any atom is -0.412 e. The molecule has 0 bridgehead atoms. The van der Waals surface area contributed by atoms with Crippen molar-refractivity contribution in [3.8, 4) is 22.6 Å². The highest BCUT2D eigenvalue weighted by Crippen LogP contribution is 2.27. The Labute approximate surface area is 158 Å². The van der Waals surface area contributed by atoms with E-state index in [0.717, 1.165) is 16.7 Å². The number of anilines is 1. The first kappa shape index (κ1) is 16.5. The summed E-state index contributed by atoms with van der Waals surface area (Å²) in [6.07, 6.45) is 0. The largest absolute Gasteiger partial charge is 0.412 e. The molecule has 0 radical (unpaired) electrons. The molecule has 0 atom stereocenters. The first-order valence-electron chi connectivity index (χ1n) is 7.72. The number of benzene rings is 2. The number of aromatic nitrogens is 2. The van der Waals surface area contributed by atoms with E-state index >= 15 is 0 Å². The molecule has 0 saturated heterocycles. The molecule has 0 aliphatic heterocycles. The Morgan fingerprint density at radius 1 is 1.00 bits per heavy atom. The van der Waals surface area contributed by atoms with Crippen LogP contribution in [0.2, 0.25) is 5.02 Å². The van der Waals surface area contributed by atoms with Crippen molar-refractivity contribution in [2.24, 2.45) is 0 Å². The van der Waals surface area contributed by atoms with E-state index in [1.165, 1.54) is 0 Å². The van der Waals surface area contributed by atoms with Crippen LogP contribution < -0.4 is 5.32 Å². The summed E-state index contributed by atoms with van der Waals surface area (Å²) in [4.78, 5) is 12.3. The van der Waals surface area contributed by atoms with Crippen LogP contribution in [-0.4, -0.2) is 16.1 Å². The molecule has 0 saturated carbocycles. The second kappa shape index (κ2) is 7.11. The SMILES string of the molecule is O=C(Nc1cccc(Cl)c1)c1nnc(-c2cccc(-c3ccsc3)c2)o1. The molecule has 5 nitrogen and oxygen atoms in total. The van der Waals surface area contributed by atoms with E-state index < -0.39 is 5.91 Å². The van der Waals surface area contributed by atoms with Crippen LogP contribution in [-0.2, 0) is 0 Å². The number of nitrogens with zero attached hydrogens (tertiary/aromatic N) is 2. The van der Waals surface area contributed by atoms with E-state index in [4.69, 9.17) is 16.0 Å². The fourth-order valence-corrected chi connectivity index (χ4v) is 3.30. The van der Waals surface area contributed by atoms with Crippen LogP contribution >= 0.6 is 22.9 Å². The molecule has 0 unspecified atom stereocenters. The van der Waals surface area contributed by atoms with Gasteiger partial charge in [-0.1, -0.05) is 29.8 Å². The fraction of sp³-hybridized carbons (Fsp3) is 0. The Morgan fingerprint density at radius 2 is 1.85 bits per heavy atom. The van der Waals surface area contributed by atoms with Gasteiger partial charge >= 0.3 is 11.8 Å². The van der Waals surface area contributed by atoms with E-state index in [-0.39, 0.29) is 5.89 Å². The van der Waals surface area contributed by atoms with Crippen molar-refractivity contribution in [1.29, 1.82) is 0 Å². The number of hydrogen-bond acceptors (Lipinski definition) is 5. The molecule has 0 aliphatic rings. The van der Waals surface area contributed by atoms with Crippen molar-refractivity contribution in [3.63, 3.8) is 0 Å². The van der Waals surface area contributed by atoms with Crippen molar-refractivity contribution in [2.45, 2.75) is 0 Å². The predicted octanol–water partition coefficient (Wildman–Crippen LogP) is 5.37. The molecule has 2 aromatic carbocycles. The number of amides is 1. The monoisotopic (exact) mass is 381 g/mol. The standard InChI is InChI=1S/C19H12ClN3O2S/c20-15-5-2-6-16(10-15)21-17(24)19-23-22-18(25-19)13-4-1-3-12(9-13)14-7-8-26-11-14/h1-11H,(H,21,24). The summed E-state index contributed by atoms with van der Waals surface area (Å²) in [7, 11) is 0. The summed E-state index contributed by atoms with van der Waals surface area (Å²) in [5.74, 6) is -0.306. The molecule has 1 N–H and O–H groups in total. The van der Waals surface area contributed by atoms with Gasteiger partial charge in [0.15, 0.2) is 0 Å². The summed E-state index contributed by atoms with van der Waals surface area (Å²) < 4.78 is 5.54. The fourth-order valence-electron chi connectivity index (χ4n) is 2.44. The Kier molecular flexibility index (Phi) is 4.51. The average Bonchev–Trinajstić information content (AvgIpc) is 3.34. The number of rotatable bonds is 4. The maximum Gasteiger partial charge on any atom is 0.313 e. The molecule has 0 aliphatic carbocycles. The lowest BCUT2D eigenvalue weighted by molar-refractivity contribution is 0.0991. The van der Waals surface area contributed by atoms with Crippen LogP contribution in [0.1, 0.15) is 10.7 Å². The molecular weight excluding hydrogens is 370 g/mol. The lowest BCUT2D eigenvalue weighted by atomic mass is 10.1. The van der Waals surface area contributed by atoms with Crippen LogP contribution in [0.3, 0.4) is 0 Å². The number of hydrogen-bond donors (Lipinski definition) is 1. The highest BCUT2D eigenvalue weighted by Gasteiger charge is 2.16. The normalized spacial score (nSPS) is 10.7. The van der Waals surface area contributed by atoms with Gasteiger partial charge in [-0.25, -0.2) is 0 Å². The summed E-state index contributed by atoms with van der Waals surface area (Å²) in [5.41, 5.74) is 3.48. The van der Waals surface area contributed by atoms with Crippen LogP contribution in [0.4, 0.5) is 5.69 Å². The lowest BCUT2D eigenvalue weighted by Crippen LogP contribution is -2.12. The van der Waals surface area contributed by atoms with Crippen LogP contribution in [0.25, 0.3) is 22.6 Å². The molecule has 0 spiro atoms. The zero-order valence-electron chi connectivity index (χ0n) is 13.3. The van der Waals surface area contributed by atoms with Crippen molar-refractivity contribution < 1.29 is 9.21 Å². The van der Waals surface area contributed by atoms with Gasteiger partial charge in [-0.15, -0.1) is 10.2 Å². The van der Waals surface area contributed by atoms with Crippen molar-refractivity contribution in [1.82, 2.24) is 10.2 Å². The molecule has 128 valence electrons. The van der Waals surface area contributed by atoms with Gasteiger partial charge in [0.25, 0.3) is 0 Å². The third kappa shape index (κ3) is 3.51. The molecular formula is C19H12ClN3O2S. The second-order valence-electron chi connectivity index (χ2n) is 5.47. The highest BCUT2D eigenvalue weighted by molar-refractivity contribution is 7.08. The first-order valence-corrected chi connectivity index (χ1v) is 9.04. The number of thiophene rings is 1. The van der Waals surface area contributed by atoms with Crippen LogP contribution in [0.15, 0.2) is 69.8 Å². The maximum atomic E-state index is 12.3. The molecule has 4 aromatic rings. The van der Waals surface area contributed by atoms with Crippen LogP contribution in [0.5, 0.6) is 0 Å². The van der Waals surface area contributed by atoms with Gasteiger partial charge in [0.2, 0.25) is 5.89 Å². The van der Waals surface area contributed by atoms with Crippen molar-refractivity contribution >= 4 is 34.5 Å². The Balaban J connectivity index is 1.56. The maximum absolute atomic E-state index is 12.3. The Bertz CT molecular complexity index is 1060. The zero-order chi connectivity index (χ0) is 17.9. The second-order valence-corrected chi connectivity index (χ2v) is 6.69. The van der Waals surface area contributed by atoms with Gasteiger partial charge in [0.1, 0.15) is 0 Å². The van der Waals surface area contributed by atoms with E-state index in [9.17, 15) is 4.79 Å². The van der Waals surface area contributed by atoms with E-state index in [0.29, 0.717) is 16.6 Å². The molecule has 4 rings (SSSR count). The Hall–Kier alpha value is -2.96. The van der Waals surface area contributed by atoms with Gasteiger partial charge < -0.3 is 9.73 Å². The number of halogens is 1. The van der Waals surface area contributed by atoms with Gasteiger partial charge in [-0.2, -0.15) is 11.3 Å². The molecule has 1 amide bonds. The number of nitrogens with one attached hydrogen (secondary N) is 1. The zero-order valence-corrected chi connectivity index (χ0v) is 14.9. The van der Waals surface area contributed by atoms with Gasteiger partial charge in [-0.05, 0) is 58.3 Å². The molecule has 2 heterocycles. The average molecular weight is 382 g/mol. The molecule has 2 aromatic heterocycles. The molecule has 7 heteroatoms. The minimum atomic E-state index is -0.486. The summed E-state index contributed by atoms with van der Waals surface area (Å²) in [6.45, 7) is 0. The molecule has 26 heavy (non-hydrogen) atoms. The van der Waals surface area contributed by atoms with Crippen molar-refractivity contribution in [3.05, 3.63) is 76.3 Å². The highest BCUT2D eigenvalue weighted by atomic mass is 35.5. The van der Waals surface area contributed by atoms with Crippen molar-refractivity contribution in [2.75, 3.05) is 5.32 Å².